The summed E-state index contributed by atoms with van der Waals surface area (Å²) < 4.78 is 26.3. The number of halogens is 2. The lowest BCUT2D eigenvalue weighted by Gasteiger charge is -2.34. The summed E-state index contributed by atoms with van der Waals surface area (Å²) in [7, 11) is 0. The quantitative estimate of drug-likeness (QED) is 0.757. The SMILES string of the molecule is C[C@@H]1c2cccnc2CCN1C(=O)c1cc2cccc(C(F)F)c2[nH]1. The van der Waals surface area contributed by atoms with Crippen molar-refractivity contribution in [3.05, 3.63) is 65.1 Å². The van der Waals surface area contributed by atoms with E-state index in [-0.39, 0.29) is 17.5 Å². The molecule has 0 bridgehead atoms. The van der Waals surface area contributed by atoms with Gasteiger partial charge in [-0.05, 0) is 24.6 Å². The smallest absolute Gasteiger partial charge is 0.270 e. The zero-order valence-electron chi connectivity index (χ0n) is 13.7. The number of pyridine rings is 1. The first-order valence-corrected chi connectivity index (χ1v) is 8.21. The minimum atomic E-state index is -2.59. The molecule has 1 amide bonds. The summed E-state index contributed by atoms with van der Waals surface area (Å²) in [6, 6.07) is 10.1. The van der Waals surface area contributed by atoms with Crippen molar-refractivity contribution in [2.45, 2.75) is 25.8 Å². The van der Waals surface area contributed by atoms with E-state index in [0.29, 0.717) is 29.6 Å². The molecule has 0 unspecified atom stereocenters. The van der Waals surface area contributed by atoms with Crippen molar-refractivity contribution in [2.75, 3.05) is 6.54 Å². The number of fused-ring (bicyclic) bond motifs is 2. The zero-order chi connectivity index (χ0) is 17.6. The third-order valence-electron chi connectivity index (χ3n) is 4.85. The van der Waals surface area contributed by atoms with Gasteiger partial charge in [-0.2, -0.15) is 0 Å². The number of aromatic amines is 1. The highest BCUT2D eigenvalue weighted by Gasteiger charge is 2.29. The zero-order valence-corrected chi connectivity index (χ0v) is 13.7. The Kier molecular flexibility index (Phi) is 3.75. The highest BCUT2D eigenvalue weighted by molar-refractivity contribution is 5.99. The van der Waals surface area contributed by atoms with Crippen LogP contribution in [0, 0.1) is 0 Å². The van der Waals surface area contributed by atoms with Crippen LogP contribution in [0.25, 0.3) is 10.9 Å². The second-order valence-corrected chi connectivity index (χ2v) is 6.26. The summed E-state index contributed by atoms with van der Waals surface area (Å²) in [6.45, 7) is 2.52. The van der Waals surface area contributed by atoms with E-state index in [1.165, 1.54) is 6.07 Å². The minimum Gasteiger partial charge on any atom is -0.350 e. The summed E-state index contributed by atoms with van der Waals surface area (Å²) in [5.41, 5.74) is 2.62. The van der Waals surface area contributed by atoms with Gasteiger partial charge < -0.3 is 9.88 Å². The van der Waals surface area contributed by atoms with Gasteiger partial charge in [-0.15, -0.1) is 0 Å². The van der Waals surface area contributed by atoms with E-state index in [1.54, 1.807) is 29.3 Å². The number of para-hydroxylation sites is 1. The average Bonchev–Trinajstić information content (AvgIpc) is 3.05. The van der Waals surface area contributed by atoms with Crippen molar-refractivity contribution in [2.24, 2.45) is 0 Å². The van der Waals surface area contributed by atoms with Crippen LogP contribution in [0.1, 0.15) is 46.7 Å². The number of rotatable bonds is 2. The summed E-state index contributed by atoms with van der Waals surface area (Å²) in [4.78, 5) is 22.0. The van der Waals surface area contributed by atoms with Gasteiger partial charge in [0.1, 0.15) is 5.69 Å². The van der Waals surface area contributed by atoms with E-state index in [1.807, 2.05) is 19.1 Å². The van der Waals surface area contributed by atoms with Crippen LogP contribution in [0.5, 0.6) is 0 Å². The Labute approximate surface area is 143 Å². The molecule has 0 aliphatic carbocycles. The first kappa shape index (κ1) is 15.7. The number of aromatic nitrogens is 2. The molecule has 1 aliphatic rings. The monoisotopic (exact) mass is 341 g/mol. The maximum Gasteiger partial charge on any atom is 0.270 e. The number of H-pyrrole nitrogens is 1. The summed E-state index contributed by atoms with van der Waals surface area (Å²) >= 11 is 0. The van der Waals surface area contributed by atoms with E-state index in [4.69, 9.17) is 0 Å². The molecule has 6 heteroatoms. The molecule has 25 heavy (non-hydrogen) atoms. The molecule has 0 spiro atoms. The molecule has 1 atom stereocenters. The minimum absolute atomic E-state index is 0.0854. The molecule has 0 saturated heterocycles. The Hall–Kier alpha value is -2.76. The molecule has 4 nitrogen and oxygen atoms in total. The van der Waals surface area contributed by atoms with Gasteiger partial charge in [0.2, 0.25) is 0 Å². The predicted molar refractivity (Wildman–Crippen MR) is 90.6 cm³/mol. The second-order valence-electron chi connectivity index (χ2n) is 6.26. The van der Waals surface area contributed by atoms with Crippen LogP contribution in [0.2, 0.25) is 0 Å². The normalized spacial score (nSPS) is 17.1. The Morgan fingerprint density at radius 3 is 2.96 bits per heavy atom. The third kappa shape index (κ3) is 2.58. The number of benzene rings is 1. The first-order valence-electron chi connectivity index (χ1n) is 8.21. The van der Waals surface area contributed by atoms with Crippen molar-refractivity contribution in [1.82, 2.24) is 14.9 Å². The Balaban J connectivity index is 1.70. The lowest BCUT2D eigenvalue weighted by atomic mass is 9.98. The number of amides is 1. The van der Waals surface area contributed by atoms with Gasteiger partial charge in [0.05, 0.1) is 11.6 Å². The number of hydrogen-bond acceptors (Lipinski definition) is 2. The topological polar surface area (TPSA) is 49.0 Å². The van der Waals surface area contributed by atoms with E-state index >= 15 is 0 Å². The molecule has 3 aromatic rings. The lowest BCUT2D eigenvalue weighted by Crippen LogP contribution is -2.39. The summed E-state index contributed by atoms with van der Waals surface area (Å²) in [6.07, 6.45) is -0.140. The van der Waals surface area contributed by atoms with Crippen molar-refractivity contribution >= 4 is 16.8 Å². The number of nitrogens with zero attached hydrogens (tertiary/aromatic N) is 2. The standard InChI is InChI=1S/C19H17F2N3O/c1-11-13-6-3-8-22-15(13)7-9-24(11)19(25)16-10-12-4-2-5-14(18(20)21)17(12)23-16/h2-6,8,10-11,18,23H,7,9H2,1H3/t11-/m1/s1. The van der Waals surface area contributed by atoms with Gasteiger partial charge in [0, 0.05) is 35.8 Å². The number of nitrogens with one attached hydrogen (secondary N) is 1. The fraction of sp³-hybridized carbons (Fsp3) is 0.263. The van der Waals surface area contributed by atoms with Crippen molar-refractivity contribution in [3.63, 3.8) is 0 Å². The molecular formula is C19H17F2N3O. The number of carbonyl (C=O) groups excluding carboxylic acids is 1. The molecule has 1 N–H and O–H groups in total. The largest absolute Gasteiger partial charge is 0.350 e. The van der Waals surface area contributed by atoms with Gasteiger partial charge in [-0.3, -0.25) is 9.78 Å². The van der Waals surface area contributed by atoms with E-state index < -0.39 is 6.43 Å². The van der Waals surface area contributed by atoms with Gasteiger partial charge >= 0.3 is 0 Å². The molecule has 4 rings (SSSR count). The Morgan fingerprint density at radius 1 is 1.32 bits per heavy atom. The second kappa shape index (κ2) is 5.95. The fourth-order valence-corrected chi connectivity index (χ4v) is 3.54. The lowest BCUT2D eigenvalue weighted by molar-refractivity contribution is 0.0670. The highest BCUT2D eigenvalue weighted by atomic mass is 19.3. The maximum absolute atomic E-state index is 13.2. The van der Waals surface area contributed by atoms with E-state index in [9.17, 15) is 13.6 Å². The van der Waals surface area contributed by atoms with Gasteiger partial charge in [-0.1, -0.05) is 24.3 Å². The van der Waals surface area contributed by atoms with Crippen LogP contribution >= 0.6 is 0 Å². The molecule has 0 saturated carbocycles. The summed E-state index contributed by atoms with van der Waals surface area (Å²) in [5, 5.41) is 0.618. The van der Waals surface area contributed by atoms with Crippen LogP contribution < -0.4 is 0 Å². The van der Waals surface area contributed by atoms with Gasteiger partial charge in [0.15, 0.2) is 0 Å². The number of carbonyl (C=O) groups is 1. The fourth-order valence-electron chi connectivity index (χ4n) is 3.54. The van der Waals surface area contributed by atoms with Crippen molar-refractivity contribution < 1.29 is 13.6 Å². The summed E-state index contributed by atoms with van der Waals surface area (Å²) in [5.74, 6) is -0.182. The third-order valence-corrected chi connectivity index (χ3v) is 4.85. The van der Waals surface area contributed by atoms with Crippen molar-refractivity contribution in [1.29, 1.82) is 0 Å². The predicted octanol–water partition coefficient (Wildman–Crippen LogP) is 4.26. The number of alkyl halides is 2. The highest BCUT2D eigenvalue weighted by Crippen LogP contribution is 2.31. The first-order chi connectivity index (χ1) is 12.1. The van der Waals surface area contributed by atoms with Crippen LogP contribution in [-0.2, 0) is 6.42 Å². The van der Waals surface area contributed by atoms with Crippen LogP contribution in [0.4, 0.5) is 8.78 Å². The molecule has 1 aromatic carbocycles. The van der Waals surface area contributed by atoms with Crippen LogP contribution in [0.15, 0.2) is 42.6 Å². The Bertz CT molecular complexity index is 951. The van der Waals surface area contributed by atoms with Crippen LogP contribution in [-0.4, -0.2) is 27.3 Å². The molecule has 0 fully saturated rings. The van der Waals surface area contributed by atoms with Crippen LogP contribution in [0.3, 0.4) is 0 Å². The molecule has 3 heterocycles. The van der Waals surface area contributed by atoms with Crippen molar-refractivity contribution in [3.8, 4) is 0 Å². The molecule has 128 valence electrons. The van der Waals surface area contributed by atoms with E-state index in [0.717, 1.165) is 11.3 Å². The molecule has 0 radical (unpaired) electrons. The van der Waals surface area contributed by atoms with Gasteiger partial charge in [-0.25, -0.2) is 8.78 Å². The maximum atomic E-state index is 13.2. The average molecular weight is 341 g/mol. The number of hydrogen-bond donors (Lipinski definition) is 1. The molecule has 2 aromatic heterocycles. The molecule has 1 aliphatic heterocycles. The van der Waals surface area contributed by atoms with E-state index in [2.05, 4.69) is 9.97 Å². The molecular weight excluding hydrogens is 324 g/mol. The van der Waals surface area contributed by atoms with Gasteiger partial charge in [0.25, 0.3) is 12.3 Å². The Morgan fingerprint density at radius 2 is 2.16 bits per heavy atom.